The third kappa shape index (κ3) is 4.64. The fraction of sp³-hybridized carbons (Fsp3) is 0.588. The van der Waals surface area contributed by atoms with E-state index in [4.69, 9.17) is 0 Å². The van der Waals surface area contributed by atoms with Crippen LogP contribution in [-0.4, -0.2) is 5.78 Å². The van der Waals surface area contributed by atoms with Gasteiger partial charge in [0.25, 0.3) is 0 Å². The van der Waals surface area contributed by atoms with Gasteiger partial charge in [-0.2, -0.15) is 0 Å². The standard InChI is InChI=1S/C17H26O/c1-5-14(4)17(18)16-11-9-15(10-12-16)8-6-7-13(2)3/h5,7,9,14,16H,1,6,8,10-12H2,2-4H3. The molecule has 0 saturated carbocycles. The van der Waals surface area contributed by atoms with Gasteiger partial charge in [-0.25, -0.2) is 0 Å². The average Bonchev–Trinajstić information content (AvgIpc) is 2.37. The smallest absolute Gasteiger partial charge is 0.142 e. The molecule has 2 unspecified atom stereocenters. The van der Waals surface area contributed by atoms with Crippen molar-refractivity contribution in [2.45, 2.75) is 52.9 Å². The molecule has 0 amide bonds. The summed E-state index contributed by atoms with van der Waals surface area (Å²) in [6.07, 6.45) is 11.7. The second-order valence-corrected chi connectivity index (χ2v) is 5.58. The monoisotopic (exact) mass is 246 g/mol. The summed E-state index contributed by atoms with van der Waals surface area (Å²) in [5, 5.41) is 0. The van der Waals surface area contributed by atoms with Crippen LogP contribution in [0.25, 0.3) is 0 Å². The van der Waals surface area contributed by atoms with Crippen LogP contribution in [0, 0.1) is 11.8 Å². The lowest BCUT2D eigenvalue weighted by Crippen LogP contribution is -2.22. The normalized spacial score (nSPS) is 20.8. The molecule has 18 heavy (non-hydrogen) atoms. The van der Waals surface area contributed by atoms with Gasteiger partial charge in [0.1, 0.15) is 5.78 Å². The van der Waals surface area contributed by atoms with Crippen LogP contribution in [0.1, 0.15) is 52.9 Å². The van der Waals surface area contributed by atoms with E-state index in [2.05, 4.69) is 32.6 Å². The van der Waals surface area contributed by atoms with Crippen molar-refractivity contribution < 1.29 is 4.79 Å². The van der Waals surface area contributed by atoms with Gasteiger partial charge in [-0.05, 0) is 46.0 Å². The number of allylic oxidation sites excluding steroid dienone is 5. The summed E-state index contributed by atoms with van der Waals surface area (Å²) in [7, 11) is 0. The molecule has 1 aliphatic carbocycles. The summed E-state index contributed by atoms with van der Waals surface area (Å²) in [6.45, 7) is 9.93. The maximum absolute atomic E-state index is 12.0. The van der Waals surface area contributed by atoms with Crippen molar-refractivity contribution in [1.82, 2.24) is 0 Å². The summed E-state index contributed by atoms with van der Waals surface area (Å²) in [5.74, 6) is 0.602. The number of hydrogen-bond donors (Lipinski definition) is 0. The molecule has 1 nitrogen and oxygen atoms in total. The van der Waals surface area contributed by atoms with Crippen LogP contribution in [0.2, 0.25) is 0 Å². The van der Waals surface area contributed by atoms with Crippen LogP contribution in [-0.2, 0) is 4.79 Å². The molecule has 1 aliphatic rings. The zero-order valence-corrected chi connectivity index (χ0v) is 12.0. The lowest BCUT2D eigenvalue weighted by Gasteiger charge is -2.22. The van der Waals surface area contributed by atoms with Crippen LogP contribution < -0.4 is 0 Å². The molecule has 1 rings (SSSR count). The molecule has 1 heteroatoms. The Bertz CT molecular complexity index is 356. The van der Waals surface area contributed by atoms with Crippen molar-refractivity contribution in [1.29, 1.82) is 0 Å². The van der Waals surface area contributed by atoms with Crippen molar-refractivity contribution in [3.8, 4) is 0 Å². The summed E-state index contributed by atoms with van der Waals surface area (Å²) in [4.78, 5) is 12.0. The van der Waals surface area contributed by atoms with E-state index in [0.717, 1.165) is 32.1 Å². The first-order chi connectivity index (χ1) is 8.54. The SMILES string of the molecule is C=CC(C)C(=O)C1CC=C(CCC=C(C)C)CC1. The molecule has 0 saturated heterocycles. The molecule has 0 fully saturated rings. The van der Waals surface area contributed by atoms with Crippen molar-refractivity contribution in [2.75, 3.05) is 0 Å². The highest BCUT2D eigenvalue weighted by molar-refractivity contribution is 5.84. The maximum Gasteiger partial charge on any atom is 0.142 e. The fourth-order valence-corrected chi connectivity index (χ4v) is 2.41. The van der Waals surface area contributed by atoms with E-state index < -0.39 is 0 Å². The number of Topliss-reactive ketones (excluding diaryl/α,β-unsaturated/α-hetero) is 1. The highest BCUT2D eigenvalue weighted by atomic mass is 16.1. The summed E-state index contributed by atoms with van der Waals surface area (Å²) < 4.78 is 0. The quantitative estimate of drug-likeness (QED) is 0.612. The largest absolute Gasteiger partial charge is 0.299 e. The van der Waals surface area contributed by atoms with E-state index >= 15 is 0 Å². The van der Waals surface area contributed by atoms with Gasteiger partial charge in [0.05, 0.1) is 0 Å². The lowest BCUT2D eigenvalue weighted by atomic mass is 9.82. The third-order valence-corrected chi connectivity index (χ3v) is 3.73. The number of carbonyl (C=O) groups is 1. The molecule has 0 aromatic rings. The number of rotatable bonds is 6. The molecule has 2 atom stereocenters. The average molecular weight is 246 g/mol. The van der Waals surface area contributed by atoms with Crippen LogP contribution >= 0.6 is 0 Å². The molecule has 0 aromatic carbocycles. The van der Waals surface area contributed by atoms with E-state index in [9.17, 15) is 4.79 Å². The Morgan fingerprint density at radius 1 is 1.56 bits per heavy atom. The first-order valence-corrected chi connectivity index (χ1v) is 7.02. The molecule has 0 N–H and O–H groups in total. The van der Waals surface area contributed by atoms with E-state index in [0.29, 0.717) is 5.78 Å². The van der Waals surface area contributed by atoms with Crippen LogP contribution in [0.5, 0.6) is 0 Å². The first kappa shape index (κ1) is 14.9. The van der Waals surface area contributed by atoms with Gasteiger partial charge in [-0.3, -0.25) is 4.79 Å². The van der Waals surface area contributed by atoms with Crippen LogP contribution in [0.15, 0.2) is 36.0 Å². The lowest BCUT2D eigenvalue weighted by molar-refractivity contribution is -0.125. The van der Waals surface area contributed by atoms with Gasteiger partial charge in [0, 0.05) is 11.8 Å². The number of carbonyl (C=O) groups excluding carboxylic acids is 1. The zero-order valence-electron chi connectivity index (χ0n) is 12.0. The topological polar surface area (TPSA) is 17.1 Å². The highest BCUT2D eigenvalue weighted by Gasteiger charge is 2.23. The molecule has 0 spiro atoms. The Labute approximate surface area is 112 Å². The molecule has 0 aliphatic heterocycles. The molecule has 0 bridgehead atoms. The van der Waals surface area contributed by atoms with E-state index in [1.165, 1.54) is 11.1 Å². The second kappa shape index (κ2) is 7.35. The Kier molecular flexibility index (Phi) is 6.11. The van der Waals surface area contributed by atoms with Crippen molar-refractivity contribution >= 4 is 5.78 Å². The molecular formula is C17H26O. The fourth-order valence-electron chi connectivity index (χ4n) is 2.41. The minimum atomic E-state index is 0.00984. The van der Waals surface area contributed by atoms with E-state index in [1.807, 2.05) is 6.92 Å². The van der Waals surface area contributed by atoms with E-state index in [-0.39, 0.29) is 11.8 Å². The number of ketones is 1. The minimum absolute atomic E-state index is 0.00984. The molecule has 0 heterocycles. The Morgan fingerprint density at radius 3 is 2.78 bits per heavy atom. The predicted molar refractivity (Wildman–Crippen MR) is 78.5 cm³/mol. The molecular weight excluding hydrogens is 220 g/mol. The summed E-state index contributed by atoms with van der Waals surface area (Å²) in [6, 6.07) is 0. The van der Waals surface area contributed by atoms with Crippen molar-refractivity contribution in [2.24, 2.45) is 11.8 Å². The molecule has 0 radical (unpaired) electrons. The Hall–Kier alpha value is -1.11. The molecule has 100 valence electrons. The van der Waals surface area contributed by atoms with Crippen molar-refractivity contribution in [3.05, 3.63) is 36.0 Å². The second-order valence-electron chi connectivity index (χ2n) is 5.58. The van der Waals surface area contributed by atoms with Gasteiger partial charge in [-0.1, -0.05) is 36.3 Å². The van der Waals surface area contributed by atoms with Gasteiger partial charge in [0.2, 0.25) is 0 Å². The summed E-state index contributed by atoms with van der Waals surface area (Å²) >= 11 is 0. The Morgan fingerprint density at radius 2 is 2.28 bits per heavy atom. The number of hydrogen-bond acceptors (Lipinski definition) is 1. The van der Waals surface area contributed by atoms with Gasteiger partial charge in [0.15, 0.2) is 0 Å². The van der Waals surface area contributed by atoms with Crippen LogP contribution in [0.3, 0.4) is 0 Å². The highest BCUT2D eigenvalue weighted by Crippen LogP contribution is 2.28. The Balaban J connectivity index is 2.43. The first-order valence-electron chi connectivity index (χ1n) is 7.02. The maximum atomic E-state index is 12.0. The predicted octanol–water partition coefficient (Wildman–Crippen LogP) is 4.85. The minimum Gasteiger partial charge on any atom is -0.299 e. The van der Waals surface area contributed by atoms with Gasteiger partial charge in [-0.15, -0.1) is 6.58 Å². The third-order valence-electron chi connectivity index (χ3n) is 3.73. The van der Waals surface area contributed by atoms with Crippen molar-refractivity contribution in [3.63, 3.8) is 0 Å². The van der Waals surface area contributed by atoms with Gasteiger partial charge >= 0.3 is 0 Å². The van der Waals surface area contributed by atoms with Gasteiger partial charge < -0.3 is 0 Å². The zero-order chi connectivity index (χ0) is 13.5. The van der Waals surface area contributed by atoms with E-state index in [1.54, 1.807) is 6.08 Å². The van der Waals surface area contributed by atoms with Crippen LogP contribution in [0.4, 0.5) is 0 Å². The molecule has 0 aromatic heterocycles. The summed E-state index contributed by atoms with van der Waals surface area (Å²) in [5.41, 5.74) is 2.92.